The number of carbonyl (C=O) groups excluding carboxylic acids is 1. The molecule has 0 heterocycles. The average molecular weight is 156 g/mol. The summed E-state index contributed by atoms with van der Waals surface area (Å²) in [5, 5.41) is 0. The van der Waals surface area contributed by atoms with Gasteiger partial charge in [0.2, 0.25) is 0 Å². The summed E-state index contributed by atoms with van der Waals surface area (Å²) >= 11 is 0. The number of hydrogen-bond acceptors (Lipinski definition) is 1. The quantitative estimate of drug-likeness (QED) is 0.600. The Hall–Kier alpha value is -0.330. The van der Waals surface area contributed by atoms with Gasteiger partial charge in [-0.1, -0.05) is 34.6 Å². The van der Waals surface area contributed by atoms with Crippen LogP contribution in [0.25, 0.3) is 0 Å². The lowest BCUT2D eigenvalue weighted by Gasteiger charge is -2.38. The lowest BCUT2D eigenvalue weighted by Crippen LogP contribution is -2.31. The van der Waals surface area contributed by atoms with E-state index in [-0.39, 0.29) is 16.6 Å². The molecule has 0 amide bonds. The van der Waals surface area contributed by atoms with Crippen molar-refractivity contribution in [2.75, 3.05) is 0 Å². The first-order valence-electron chi connectivity index (χ1n) is 4.16. The fraction of sp³-hybridized carbons (Fsp3) is 0.900. The fourth-order valence-electron chi connectivity index (χ4n) is 0.888. The van der Waals surface area contributed by atoms with Gasteiger partial charge in [0.15, 0.2) is 0 Å². The van der Waals surface area contributed by atoms with Gasteiger partial charge in [-0.05, 0) is 17.8 Å². The van der Waals surface area contributed by atoms with E-state index >= 15 is 0 Å². The number of Topliss-reactive ketones (excluding diaryl/α,β-unsaturated/α-hetero) is 1. The van der Waals surface area contributed by atoms with E-state index in [1.165, 1.54) is 0 Å². The zero-order valence-corrected chi connectivity index (χ0v) is 8.62. The van der Waals surface area contributed by atoms with Gasteiger partial charge in [0.25, 0.3) is 0 Å². The van der Waals surface area contributed by atoms with Crippen LogP contribution >= 0.6 is 0 Å². The van der Waals surface area contributed by atoms with Crippen LogP contribution in [0.1, 0.15) is 48.0 Å². The molecule has 0 unspecified atom stereocenters. The summed E-state index contributed by atoms with van der Waals surface area (Å²) in [5.41, 5.74) is 0.317. The molecule has 0 aliphatic rings. The number of ketones is 1. The van der Waals surface area contributed by atoms with E-state index in [2.05, 4.69) is 34.6 Å². The van der Waals surface area contributed by atoms with Gasteiger partial charge in [-0.25, -0.2) is 0 Å². The van der Waals surface area contributed by atoms with E-state index < -0.39 is 0 Å². The molecule has 0 saturated heterocycles. The monoisotopic (exact) mass is 156 g/mol. The predicted octanol–water partition coefficient (Wildman–Crippen LogP) is 3.04. The third-order valence-electron chi connectivity index (χ3n) is 2.72. The topological polar surface area (TPSA) is 17.1 Å². The molecule has 0 aromatic heterocycles. The van der Waals surface area contributed by atoms with Gasteiger partial charge < -0.3 is 4.79 Å². The van der Waals surface area contributed by atoms with Crippen LogP contribution < -0.4 is 0 Å². The van der Waals surface area contributed by atoms with Crippen molar-refractivity contribution in [2.24, 2.45) is 10.8 Å². The molecule has 0 aromatic rings. The standard InChI is InChI=1S/C10H20O/c1-8(11)7-10(5,6)9(2,3)4/h7H2,1-6H3. The van der Waals surface area contributed by atoms with Gasteiger partial charge in [-0.2, -0.15) is 0 Å². The van der Waals surface area contributed by atoms with Crippen LogP contribution in [0, 0.1) is 10.8 Å². The zero-order chi connectivity index (χ0) is 9.28. The minimum atomic E-state index is 0.110. The minimum absolute atomic E-state index is 0.110. The fourth-order valence-corrected chi connectivity index (χ4v) is 0.888. The van der Waals surface area contributed by atoms with Crippen molar-refractivity contribution in [3.8, 4) is 0 Å². The maximum atomic E-state index is 10.9. The maximum absolute atomic E-state index is 10.9. The molecule has 0 bridgehead atoms. The van der Waals surface area contributed by atoms with Crippen LogP contribution in [0.3, 0.4) is 0 Å². The van der Waals surface area contributed by atoms with Crippen molar-refractivity contribution in [3.05, 3.63) is 0 Å². The smallest absolute Gasteiger partial charge is 0.130 e. The second-order valence-corrected chi connectivity index (χ2v) is 5.01. The van der Waals surface area contributed by atoms with E-state index in [1.807, 2.05) is 0 Å². The molecular weight excluding hydrogens is 136 g/mol. The lowest BCUT2D eigenvalue weighted by atomic mass is 9.67. The van der Waals surface area contributed by atoms with E-state index in [0.717, 1.165) is 0 Å². The van der Waals surface area contributed by atoms with Crippen LogP contribution in [-0.4, -0.2) is 5.78 Å². The Labute approximate surface area is 70.2 Å². The molecule has 11 heavy (non-hydrogen) atoms. The number of rotatable bonds is 2. The van der Waals surface area contributed by atoms with E-state index in [9.17, 15) is 4.79 Å². The second kappa shape index (κ2) is 2.96. The molecule has 1 heteroatoms. The molecule has 0 spiro atoms. The molecule has 0 N–H and O–H groups in total. The highest BCUT2D eigenvalue weighted by Gasteiger charge is 2.33. The second-order valence-electron chi connectivity index (χ2n) is 5.01. The van der Waals surface area contributed by atoms with Crippen LogP contribution in [0.4, 0.5) is 0 Å². The van der Waals surface area contributed by atoms with Crippen LogP contribution in [0.15, 0.2) is 0 Å². The number of hydrogen-bond donors (Lipinski definition) is 0. The first-order valence-corrected chi connectivity index (χ1v) is 4.16. The van der Waals surface area contributed by atoms with E-state index in [0.29, 0.717) is 6.42 Å². The minimum Gasteiger partial charge on any atom is -0.300 e. The van der Waals surface area contributed by atoms with Gasteiger partial charge in [0.05, 0.1) is 0 Å². The molecule has 0 rings (SSSR count). The molecular formula is C10H20O. The average Bonchev–Trinajstić information content (AvgIpc) is 1.56. The van der Waals surface area contributed by atoms with Crippen LogP contribution in [-0.2, 0) is 4.79 Å². The van der Waals surface area contributed by atoms with Crippen molar-refractivity contribution in [3.63, 3.8) is 0 Å². The molecule has 1 nitrogen and oxygen atoms in total. The zero-order valence-electron chi connectivity index (χ0n) is 8.62. The van der Waals surface area contributed by atoms with Crippen LogP contribution in [0.2, 0.25) is 0 Å². The van der Waals surface area contributed by atoms with Crippen molar-refractivity contribution >= 4 is 5.78 Å². The van der Waals surface area contributed by atoms with Gasteiger partial charge in [0.1, 0.15) is 5.78 Å². The van der Waals surface area contributed by atoms with Gasteiger partial charge in [-0.15, -0.1) is 0 Å². The molecule has 0 aromatic carbocycles. The highest BCUT2D eigenvalue weighted by Crippen LogP contribution is 2.40. The highest BCUT2D eigenvalue weighted by molar-refractivity contribution is 5.76. The van der Waals surface area contributed by atoms with Crippen molar-refractivity contribution < 1.29 is 4.79 Å². The van der Waals surface area contributed by atoms with Gasteiger partial charge in [-0.3, -0.25) is 0 Å². The summed E-state index contributed by atoms with van der Waals surface area (Å²) < 4.78 is 0. The summed E-state index contributed by atoms with van der Waals surface area (Å²) in [7, 11) is 0. The van der Waals surface area contributed by atoms with E-state index in [1.54, 1.807) is 6.92 Å². The largest absolute Gasteiger partial charge is 0.300 e. The molecule has 66 valence electrons. The first kappa shape index (κ1) is 10.7. The lowest BCUT2D eigenvalue weighted by molar-refractivity contribution is -0.120. The Morgan fingerprint density at radius 3 is 1.55 bits per heavy atom. The maximum Gasteiger partial charge on any atom is 0.130 e. The Balaban J connectivity index is 4.34. The van der Waals surface area contributed by atoms with Crippen molar-refractivity contribution in [2.45, 2.75) is 48.0 Å². The van der Waals surface area contributed by atoms with Gasteiger partial charge in [0, 0.05) is 6.42 Å². The van der Waals surface area contributed by atoms with Crippen molar-refractivity contribution in [1.29, 1.82) is 0 Å². The third-order valence-corrected chi connectivity index (χ3v) is 2.72. The van der Waals surface area contributed by atoms with E-state index in [4.69, 9.17) is 0 Å². The summed E-state index contributed by atoms with van der Waals surface area (Å²) in [6, 6.07) is 0. The van der Waals surface area contributed by atoms with Gasteiger partial charge >= 0.3 is 0 Å². The predicted molar refractivity (Wildman–Crippen MR) is 48.5 cm³/mol. The summed E-state index contributed by atoms with van der Waals surface area (Å²) in [5.74, 6) is 0.282. The molecule has 0 aliphatic heterocycles. The molecule has 0 aliphatic carbocycles. The highest BCUT2D eigenvalue weighted by atomic mass is 16.1. The Morgan fingerprint density at radius 1 is 1.09 bits per heavy atom. The first-order chi connectivity index (χ1) is 4.67. The summed E-state index contributed by atoms with van der Waals surface area (Å²) in [4.78, 5) is 10.9. The molecule has 0 atom stereocenters. The third kappa shape index (κ3) is 3.04. The normalized spacial score (nSPS) is 13.3. The van der Waals surface area contributed by atoms with Crippen molar-refractivity contribution in [1.82, 2.24) is 0 Å². The number of carbonyl (C=O) groups is 1. The summed E-state index contributed by atoms with van der Waals surface area (Å²) in [6.07, 6.45) is 0.677. The Kier molecular flexibility index (Phi) is 2.87. The molecule has 0 radical (unpaired) electrons. The Bertz CT molecular complexity index is 149. The SMILES string of the molecule is CC(=O)CC(C)(C)C(C)(C)C. The van der Waals surface area contributed by atoms with Crippen LogP contribution in [0.5, 0.6) is 0 Å². The molecule has 0 fully saturated rings. The Morgan fingerprint density at radius 2 is 1.45 bits per heavy atom. The molecule has 0 saturated carbocycles. The summed E-state index contributed by atoms with van der Waals surface area (Å²) in [6.45, 7) is 12.5.